The van der Waals surface area contributed by atoms with E-state index in [-0.39, 0.29) is 24.8 Å². The molecule has 0 aromatic rings. The third-order valence-corrected chi connectivity index (χ3v) is 5.24. The maximum atomic E-state index is 13.5. The van der Waals surface area contributed by atoms with Crippen LogP contribution < -0.4 is 0 Å². The maximum Gasteiger partial charge on any atom is 0.394 e. The Balaban J connectivity index is 2.33. The van der Waals surface area contributed by atoms with E-state index >= 15 is 0 Å². The number of carbonyl (C=O) groups excluding carboxylic acids is 2. The molecule has 188 valence electrons. The normalized spacial score (nSPS) is 20.7. The van der Waals surface area contributed by atoms with E-state index in [9.17, 15) is 40.3 Å². The van der Waals surface area contributed by atoms with Gasteiger partial charge in [0.05, 0.1) is 24.5 Å². The second-order valence-corrected chi connectivity index (χ2v) is 8.58. The largest absolute Gasteiger partial charge is 0.462 e. The average molecular weight is 482 g/mol. The van der Waals surface area contributed by atoms with Crippen LogP contribution in [0.1, 0.15) is 65.7 Å². The minimum Gasteiger partial charge on any atom is -0.462 e. The van der Waals surface area contributed by atoms with Crippen LogP contribution in [0.4, 0.5) is 30.7 Å². The zero-order chi connectivity index (χ0) is 24.8. The predicted molar refractivity (Wildman–Crippen MR) is 98.3 cm³/mol. The Labute approximate surface area is 181 Å². The minimum atomic E-state index is -5.36. The topological polar surface area (TPSA) is 61.8 Å². The zero-order valence-electron chi connectivity index (χ0n) is 18.2. The Hall–Kier alpha value is -1.59. The highest BCUT2D eigenvalue weighted by Gasteiger charge is 2.54. The van der Waals surface area contributed by atoms with Gasteiger partial charge < -0.3 is 14.2 Å². The highest BCUT2D eigenvalue weighted by molar-refractivity contribution is 5.77. The van der Waals surface area contributed by atoms with Gasteiger partial charge in [0.15, 0.2) is 0 Å². The number of hydrogen-bond donors (Lipinski definition) is 0. The van der Waals surface area contributed by atoms with Crippen LogP contribution in [0.25, 0.3) is 0 Å². The van der Waals surface area contributed by atoms with Crippen molar-refractivity contribution < 1.29 is 54.5 Å². The molecule has 0 bridgehead atoms. The van der Waals surface area contributed by atoms with Gasteiger partial charge in [-0.3, -0.25) is 4.79 Å². The third-order valence-electron chi connectivity index (χ3n) is 5.24. The molecule has 1 fully saturated rings. The SMILES string of the molecule is CCC(C)(C)C(=O)OC1CCC(OCCOC(=O)C(F)(F)CC(F)(F)CC(F)(F)F)CC1. The van der Waals surface area contributed by atoms with Crippen LogP contribution in [0.2, 0.25) is 0 Å². The summed E-state index contributed by atoms with van der Waals surface area (Å²) >= 11 is 0. The molecule has 1 aliphatic carbocycles. The van der Waals surface area contributed by atoms with Gasteiger partial charge in [0, 0.05) is 0 Å². The monoisotopic (exact) mass is 482 g/mol. The van der Waals surface area contributed by atoms with E-state index in [0.717, 1.165) is 0 Å². The van der Waals surface area contributed by atoms with Crippen LogP contribution in [0.15, 0.2) is 0 Å². The number of halogens is 7. The Morgan fingerprint density at radius 2 is 1.34 bits per heavy atom. The first-order valence-corrected chi connectivity index (χ1v) is 10.3. The molecule has 0 heterocycles. The molecule has 0 amide bonds. The van der Waals surface area contributed by atoms with E-state index in [1.165, 1.54) is 0 Å². The Kier molecular flexibility index (Phi) is 9.80. The fraction of sp³-hybridized carbons (Fsp3) is 0.900. The van der Waals surface area contributed by atoms with Gasteiger partial charge in [-0.2, -0.15) is 22.0 Å². The number of rotatable bonds is 11. The highest BCUT2D eigenvalue weighted by Crippen LogP contribution is 2.39. The Bertz CT molecular complexity index is 626. The quantitative estimate of drug-likeness (QED) is 0.223. The van der Waals surface area contributed by atoms with E-state index in [0.29, 0.717) is 32.1 Å². The van der Waals surface area contributed by atoms with Crippen LogP contribution in [0.5, 0.6) is 0 Å². The summed E-state index contributed by atoms with van der Waals surface area (Å²) in [6, 6.07) is 0. The van der Waals surface area contributed by atoms with E-state index in [4.69, 9.17) is 9.47 Å². The van der Waals surface area contributed by atoms with Crippen LogP contribution >= 0.6 is 0 Å². The lowest BCUT2D eigenvalue weighted by Gasteiger charge is -2.31. The molecule has 0 atom stereocenters. The first kappa shape index (κ1) is 28.4. The van der Waals surface area contributed by atoms with Crippen molar-refractivity contribution in [3.63, 3.8) is 0 Å². The van der Waals surface area contributed by atoms with Crippen molar-refractivity contribution in [3.05, 3.63) is 0 Å². The van der Waals surface area contributed by atoms with E-state index in [1.54, 1.807) is 13.8 Å². The second-order valence-electron chi connectivity index (χ2n) is 8.58. The minimum absolute atomic E-state index is 0.261. The van der Waals surface area contributed by atoms with Crippen molar-refractivity contribution in [2.24, 2.45) is 5.41 Å². The summed E-state index contributed by atoms with van der Waals surface area (Å²) < 4.78 is 104. The lowest BCUT2D eigenvalue weighted by molar-refractivity contribution is -0.214. The first-order chi connectivity index (χ1) is 14.5. The van der Waals surface area contributed by atoms with Crippen molar-refractivity contribution in [2.75, 3.05) is 13.2 Å². The molecule has 0 saturated heterocycles. The summed E-state index contributed by atoms with van der Waals surface area (Å²) in [6.45, 7) is 4.49. The van der Waals surface area contributed by atoms with Gasteiger partial charge >= 0.3 is 24.0 Å². The average Bonchev–Trinajstić information content (AvgIpc) is 2.63. The van der Waals surface area contributed by atoms with E-state index in [2.05, 4.69) is 4.74 Å². The Morgan fingerprint density at radius 1 is 0.812 bits per heavy atom. The number of esters is 2. The molecule has 0 spiro atoms. The second kappa shape index (κ2) is 11.0. The van der Waals surface area contributed by atoms with Gasteiger partial charge in [0.2, 0.25) is 0 Å². The van der Waals surface area contributed by atoms with Crippen molar-refractivity contribution >= 4 is 11.9 Å². The standard InChI is InChI=1S/C20H29F7O5/c1-4-17(2,3)15(28)32-14-7-5-13(6-8-14)30-9-10-31-16(29)19(23,24)11-18(21,22)12-20(25,26)27/h13-14H,4-12H2,1-3H3. The van der Waals surface area contributed by atoms with Crippen LogP contribution in [0, 0.1) is 5.41 Å². The zero-order valence-corrected chi connectivity index (χ0v) is 18.2. The summed E-state index contributed by atoms with van der Waals surface area (Å²) in [7, 11) is 0. The molecule has 0 aromatic heterocycles. The van der Waals surface area contributed by atoms with Crippen molar-refractivity contribution in [1.82, 2.24) is 0 Å². The molecule has 0 radical (unpaired) electrons. The molecule has 32 heavy (non-hydrogen) atoms. The highest BCUT2D eigenvalue weighted by atomic mass is 19.4. The van der Waals surface area contributed by atoms with Crippen LogP contribution in [-0.2, 0) is 23.8 Å². The van der Waals surface area contributed by atoms with Gasteiger partial charge in [-0.05, 0) is 46.0 Å². The predicted octanol–water partition coefficient (Wildman–Crippen LogP) is 5.45. The summed E-state index contributed by atoms with van der Waals surface area (Å²) in [5.74, 6) is -12.2. The molecule has 0 unspecified atom stereocenters. The number of ether oxygens (including phenoxy) is 3. The lowest BCUT2D eigenvalue weighted by Crippen LogP contribution is -2.40. The number of carbonyl (C=O) groups is 2. The maximum absolute atomic E-state index is 13.5. The molecule has 1 rings (SSSR count). The molecule has 1 aliphatic rings. The fourth-order valence-corrected chi connectivity index (χ4v) is 2.98. The Morgan fingerprint density at radius 3 is 1.84 bits per heavy atom. The van der Waals surface area contributed by atoms with Crippen LogP contribution in [-0.4, -0.2) is 55.4 Å². The van der Waals surface area contributed by atoms with Gasteiger partial charge in [0.25, 0.3) is 5.92 Å². The smallest absolute Gasteiger partial charge is 0.394 e. The summed E-state index contributed by atoms with van der Waals surface area (Å²) in [5, 5.41) is 0. The lowest BCUT2D eigenvalue weighted by atomic mass is 9.90. The van der Waals surface area contributed by atoms with Gasteiger partial charge in [-0.25, -0.2) is 13.6 Å². The molecule has 0 aromatic carbocycles. The first-order valence-electron chi connectivity index (χ1n) is 10.3. The third kappa shape index (κ3) is 9.91. The molecule has 5 nitrogen and oxygen atoms in total. The van der Waals surface area contributed by atoms with Crippen molar-refractivity contribution in [2.45, 2.75) is 95.9 Å². The van der Waals surface area contributed by atoms with Crippen LogP contribution in [0.3, 0.4) is 0 Å². The van der Waals surface area contributed by atoms with E-state index in [1.807, 2.05) is 6.92 Å². The van der Waals surface area contributed by atoms with Gasteiger partial charge in [-0.1, -0.05) is 6.92 Å². The van der Waals surface area contributed by atoms with E-state index < -0.39 is 48.9 Å². The van der Waals surface area contributed by atoms with Gasteiger partial charge in [-0.15, -0.1) is 0 Å². The molecular formula is C20H29F7O5. The van der Waals surface area contributed by atoms with Crippen molar-refractivity contribution in [3.8, 4) is 0 Å². The summed E-state index contributed by atoms with van der Waals surface area (Å²) in [6.07, 6.45) is -8.57. The molecule has 12 heteroatoms. The number of alkyl halides is 7. The summed E-state index contributed by atoms with van der Waals surface area (Å²) in [5.41, 5.74) is -0.587. The van der Waals surface area contributed by atoms with Crippen molar-refractivity contribution in [1.29, 1.82) is 0 Å². The molecule has 0 N–H and O–H groups in total. The summed E-state index contributed by atoms with van der Waals surface area (Å²) in [4.78, 5) is 23.4. The van der Waals surface area contributed by atoms with Gasteiger partial charge in [0.1, 0.15) is 19.1 Å². The fourth-order valence-electron chi connectivity index (χ4n) is 2.98. The molecule has 1 saturated carbocycles. The molecule has 0 aliphatic heterocycles. The number of hydrogen-bond acceptors (Lipinski definition) is 5. The molecular weight excluding hydrogens is 453 g/mol.